The van der Waals surface area contributed by atoms with Gasteiger partial charge in [0.25, 0.3) is 0 Å². The molecule has 0 amide bonds. The Labute approximate surface area is 144 Å². The number of hydrogen-bond acceptors (Lipinski definition) is 6. The summed E-state index contributed by atoms with van der Waals surface area (Å²) in [5.41, 5.74) is 0. The number of likely N-dealkylation sites (tertiary alicyclic amines) is 1. The Hall–Kier alpha value is -1.40. The van der Waals surface area contributed by atoms with Crippen molar-refractivity contribution in [3.63, 3.8) is 0 Å². The number of ether oxygens (including phenoxy) is 1. The second-order valence-corrected chi connectivity index (χ2v) is 7.69. The lowest BCUT2D eigenvalue weighted by atomic mass is 9.92. The summed E-state index contributed by atoms with van der Waals surface area (Å²) in [6, 6.07) is 2.08. The van der Waals surface area contributed by atoms with Gasteiger partial charge in [0.2, 0.25) is 0 Å². The summed E-state index contributed by atoms with van der Waals surface area (Å²) >= 11 is 0. The van der Waals surface area contributed by atoms with Gasteiger partial charge in [-0.2, -0.15) is 0 Å². The van der Waals surface area contributed by atoms with Gasteiger partial charge in [-0.3, -0.25) is 0 Å². The van der Waals surface area contributed by atoms with Gasteiger partial charge < -0.3 is 19.4 Å². The molecule has 0 aromatic carbocycles. The molecule has 132 valence electrons. The fourth-order valence-corrected chi connectivity index (χ4v) is 4.40. The highest BCUT2D eigenvalue weighted by atomic mass is 16.5. The monoisotopic (exact) mass is 331 g/mol. The van der Waals surface area contributed by atoms with Gasteiger partial charge in [-0.15, -0.1) is 0 Å². The molecule has 0 unspecified atom stereocenters. The van der Waals surface area contributed by atoms with Crippen LogP contribution >= 0.6 is 0 Å². The van der Waals surface area contributed by atoms with Gasteiger partial charge in [0.05, 0.1) is 12.7 Å². The normalized spacial score (nSPS) is 30.6. The number of hydrogen-bond donors (Lipinski definition) is 0. The van der Waals surface area contributed by atoms with Crippen molar-refractivity contribution in [3.8, 4) is 0 Å². The van der Waals surface area contributed by atoms with Crippen LogP contribution in [0.1, 0.15) is 19.3 Å². The molecule has 3 atom stereocenters. The molecular weight excluding hydrogens is 302 g/mol. The van der Waals surface area contributed by atoms with E-state index in [0.29, 0.717) is 17.9 Å². The molecule has 6 nitrogen and oxygen atoms in total. The zero-order chi connectivity index (χ0) is 16.5. The molecule has 0 N–H and O–H groups in total. The van der Waals surface area contributed by atoms with Crippen molar-refractivity contribution in [3.05, 3.63) is 12.4 Å². The largest absolute Gasteiger partial charge is 0.376 e. The quantitative estimate of drug-likeness (QED) is 0.833. The molecular formula is C18H29N5O. The summed E-state index contributed by atoms with van der Waals surface area (Å²) in [4.78, 5) is 15.9. The van der Waals surface area contributed by atoms with Crippen LogP contribution in [-0.2, 0) is 4.74 Å². The highest BCUT2D eigenvalue weighted by molar-refractivity contribution is 5.50. The van der Waals surface area contributed by atoms with Gasteiger partial charge in [-0.1, -0.05) is 6.42 Å². The number of aromatic nitrogens is 2. The lowest BCUT2D eigenvalue weighted by Crippen LogP contribution is -2.37. The van der Waals surface area contributed by atoms with E-state index in [1.54, 1.807) is 6.33 Å². The maximum absolute atomic E-state index is 6.14. The minimum absolute atomic E-state index is 0.373. The minimum atomic E-state index is 0.373. The van der Waals surface area contributed by atoms with Gasteiger partial charge in [0.15, 0.2) is 0 Å². The van der Waals surface area contributed by atoms with Crippen LogP contribution in [0.4, 0.5) is 11.6 Å². The summed E-state index contributed by atoms with van der Waals surface area (Å²) in [6.45, 7) is 6.72. The molecule has 6 heteroatoms. The Kier molecular flexibility index (Phi) is 4.59. The first-order chi connectivity index (χ1) is 11.7. The Balaban J connectivity index is 1.41. The van der Waals surface area contributed by atoms with Crippen molar-refractivity contribution in [2.24, 2.45) is 11.8 Å². The number of rotatable bonds is 4. The molecule has 1 aromatic rings. The first kappa shape index (κ1) is 16.1. The zero-order valence-corrected chi connectivity index (χ0v) is 14.9. The van der Waals surface area contributed by atoms with Crippen LogP contribution in [0.5, 0.6) is 0 Å². The van der Waals surface area contributed by atoms with Crippen LogP contribution in [0.25, 0.3) is 0 Å². The van der Waals surface area contributed by atoms with Gasteiger partial charge in [-0.05, 0) is 25.9 Å². The number of nitrogens with zero attached hydrogens (tertiary/aromatic N) is 5. The molecule has 3 aliphatic heterocycles. The fraction of sp³-hybridized carbons (Fsp3) is 0.778. The molecule has 3 fully saturated rings. The SMILES string of the molecule is CN(C)c1cc(N2C[C@@H]3[C@H](CN4CCCCC4)CO[C@@H]3C2)ncn1. The van der Waals surface area contributed by atoms with Crippen molar-refractivity contribution < 1.29 is 4.74 Å². The van der Waals surface area contributed by atoms with E-state index in [-0.39, 0.29) is 0 Å². The predicted molar refractivity (Wildman–Crippen MR) is 95.6 cm³/mol. The van der Waals surface area contributed by atoms with E-state index in [1.165, 1.54) is 38.9 Å². The highest BCUT2D eigenvalue weighted by Gasteiger charge is 2.44. The standard InChI is InChI=1S/C18H29N5O/c1-21(2)17-8-18(20-13-19-17)23-10-15-14(12-24-16(15)11-23)9-22-6-4-3-5-7-22/h8,13-16H,3-7,9-12H2,1-2H3/t14-,15-,16-/m1/s1. The third-order valence-corrected chi connectivity index (χ3v) is 5.80. The van der Waals surface area contributed by atoms with Crippen molar-refractivity contribution in [2.45, 2.75) is 25.4 Å². The van der Waals surface area contributed by atoms with E-state index in [9.17, 15) is 0 Å². The van der Waals surface area contributed by atoms with Crippen LogP contribution in [0.15, 0.2) is 12.4 Å². The maximum Gasteiger partial charge on any atom is 0.134 e. The van der Waals surface area contributed by atoms with E-state index in [0.717, 1.165) is 31.3 Å². The molecule has 4 heterocycles. The van der Waals surface area contributed by atoms with E-state index in [4.69, 9.17) is 4.74 Å². The number of anilines is 2. The molecule has 0 spiro atoms. The number of piperidine rings is 1. The summed E-state index contributed by atoms with van der Waals surface area (Å²) < 4.78 is 6.14. The number of fused-ring (bicyclic) bond motifs is 1. The van der Waals surface area contributed by atoms with Crippen molar-refractivity contribution >= 4 is 11.6 Å². The van der Waals surface area contributed by atoms with Crippen LogP contribution in [0.2, 0.25) is 0 Å². The first-order valence-electron chi connectivity index (χ1n) is 9.29. The molecule has 0 saturated carbocycles. The predicted octanol–water partition coefficient (Wildman–Crippen LogP) is 1.48. The van der Waals surface area contributed by atoms with E-state index < -0.39 is 0 Å². The smallest absolute Gasteiger partial charge is 0.134 e. The first-order valence-corrected chi connectivity index (χ1v) is 9.29. The third kappa shape index (κ3) is 3.22. The molecule has 4 rings (SSSR count). The van der Waals surface area contributed by atoms with E-state index >= 15 is 0 Å². The summed E-state index contributed by atoms with van der Waals surface area (Å²) in [5, 5.41) is 0. The molecule has 24 heavy (non-hydrogen) atoms. The van der Waals surface area contributed by atoms with Gasteiger partial charge in [-0.25, -0.2) is 9.97 Å². The fourth-order valence-electron chi connectivity index (χ4n) is 4.40. The van der Waals surface area contributed by atoms with E-state index in [2.05, 4.69) is 25.8 Å². The van der Waals surface area contributed by atoms with Crippen molar-refractivity contribution in [1.82, 2.24) is 14.9 Å². The zero-order valence-electron chi connectivity index (χ0n) is 14.9. The van der Waals surface area contributed by atoms with Gasteiger partial charge >= 0.3 is 0 Å². The van der Waals surface area contributed by atoms with Crippen LogP contribution < -0.4 is 9.80 Å². The second-order valence-electron chi connectivity index (χ2n) is 7.69. The average molecular weight is 331 g/mol. The van der Waals surface area contributed by atoms with Gasteiger partial charge in [0.1, 0.15) is 18.0 Å². The molecule has 0 radical (unpaired) electrons. The minimum Gasteiger partial charge on any atom is -0.376 e. The Morgan fingerprint density at radius 1 is 1.17 bits per heavy atom. The molecule has 1 aromatic heterocycles. The summed E-state index contributed by atoms with van der Waals surface area (Å²) in [5.74, 6) is 3.31. The maximum atomic E-state index is 6.14. The Bertz CT molecular complexity index is 560. The van der Waals surface area contributed by atoms with Gasteiger partial charge in [0, 0.05) is 51.6 Å². The third-order valence-electron chi connectivity index (χ3n) is 5.80. The Morgan fingerprint density at radius 2 is 2.00 bits per heavy atom. The lowest BCUT2D eigenvalue weighted by Gasteiger charge is -2.30. The molecule has 3 aliphatic rings. The van der Waals surface area contributed by atoms with Crippen molar-refractivity contribution in [2.75, 3.05) is 63.2 Å². The molecule has 0 bridgehead atoms. The van der Waals surface area contributed by atoms with Crippen LogP contribution in [0, 0.1) is 11.8 Å². The second kappa shape index (κ2) is 6.84. The van der Waals surface area contributed by atoms with Crippen LogP contribution in [0.3, 0.4) is 0 Å². The average Bonchev–Trinajstić information content (AvgIpc) is 3.18. The molecule has 0 aliphatic carbocycles. The lowest BCUT2D eigenvalue weighted by molar-refractivity contribution is 0.107. The van der Waals surface area contributed by atoms with Crippen LogP contribution in [-0.4, -0.2) is 74.4 Å². The van der Waals surface area contributed by atoms with E-state index in [1.807, 2.05) is 19.0 Å². The van der Waals surface area contributed by atoms with Crippen molar-refractivity contribution in [1.29, 1.82) is 0 Å². The summed E-state index contributed by atoms with van der Waals surface area (Å²) in [7, 11) is 4.03. The topological polar surface area (TPSA) is 44.7 Å². The Morgan fingerprint density at radius 3 is 2.79 bits per heavy atom. The molecule has 3 saturated heterocycles. The summed E-state index contributed by atoms with van der Waals surface area (Å²) in [6.07, 6.45) is 6.17. The highest BCUT2D eigenvalue weighted by Crippen LogP contribution is 2.36.